The number of benzene rings is 1. The quantitative estimate of drug-likeness (QED) is 0.729. The number of piperidine rings is 1. The number of amides is 1. The molecule has 0 radical (unpaired) electrons. The zero-order valence-electron chi connectivity index (χ0n) is 18.1. The summed E-state index contributed by atoms with van der Waals surface area (Å²) in [5, 5.41) is 8.81. The lowest BCUT2D eigenvalue weighted by Gasteiger charge is -2.41. The molecule has 1 aromatic carbocycles. The van der Waals surface area contributed by atoms with Gasteiger partial charge >= 0.3 is 0 Å². The van der Waals surface area contributed by atoms with E-state index >= 15 is 0 Å². The smallest absolute Gasteiger partial charge is 0.257 e. The lowest BCUT2D eigenvalue weighted by atomic mass is 9.72. The molecule has 1 saturated heterocycles. The van der Waals surface area contributed by atoms with Gasteiger partial charge in [-0.15, -0.1) is 10.2 Å². The van der Waals surface area contributed by atoms with Gasteiger partial charge in [-0.1, -0.05) is 12.1 Å². The number of carbonyl (C=O) groups is 1. The monoisotopic (exact) mass is 412 g/mol. The van der Waals surface area contributed by atoms with Gasteiger partial charge in [0.1, 0.15) is 17.4 Å². The minimum absolute atomic E-state index is 0.0847. The Bertz CT molecular complexity index is 871. The van der Waals surface area contributed by atoms with Crippen molar-refractivity contribution in [1.29, 1.82) is 0 Å². The average molecular weight is 413 g/mol. The largest absolute Gasteiger partial charge is 0.493 e. The summed E-state index contributed by atoms with van der Waals surface area (Å²) in [7, 11) is 1.72. The van der Waals surface area contributed by atoms with Crippen LogP contribution in [0.4, 0.5) is 0 Å². The maximum Gasteiger partial charge on any atom is 0.257 e. The van der Waals surface area contributed by atoms with Crippen LogP contribution in [0.25, 0.3) is 0 Å². The second kappa shape index (κ2) is 9.16. The van der Waals surface area contributed by atoms with E-state index in [2.05, 4.69) is 14.8 Å². The van der Waals surface area contributed by atoms with Crippen molar-refractivity contribution >= 4 is 5.91 Å². The first kappa shape index (κ1) is 20.8. The molecule has 3 heterocycles. The third-order valence-electron chi connectivity index (χ3n) is 6.71. The third kappa shape index (κ3) is 4.21. The highest BCUT2D eigenvalue weighted by molar-refractivity contribution is 5.97. The molecule has 0 unspecified atom stereocenters. The van der Waals surface area contributed by atoms with Gasteiger partial charge < -0.3 is 18.9 Å². The van der Waals surface area contributed by atoms with Crippen LogP contribution < -0.4 is 4.74 Å². The van der Waals surface area contributed by atoms with E-state index in [9.17, 15) is 4.79 Å². The molecular formula is C23H32N4O3. The number of aryl methyl sites for hydroxylation is 1. The molecule has 0 aliphatic carbocycles. The molecule has 2 aliphatic rings. The van der Waals surface area contributed by atoms with E-state index in [0.29, 0.717) is 24.5 Å². The Kier molecular flexibility index (Phi) is 6.37. The Morgan fingerprint density at radius 2 is 1.87 bits per heavy atom. The van der Waals surface area contributed by atoms with Crippen LogP contribution in [0.5, 0.6) is 5.75 Å². The standard InChI is InChI=1S/C23H32N4O3/c1-3-30-19-7-5-4-6-18(19)22(28)26-14-11-23(12-15-26)10-8-20-24-25-21(9-17-29-2)27(20)16-13-23/h4-7H,3,8-17H2,1-2H3. The van der Waals surface area contributed by atoms with Crippen molar-refractivity contribution in [3.8, 4) is 5.75 Å². The molecule has 1 fully saturated rings. The molecular weight excluding hydrogens is 380 g/mol. The number of ether oxygens (including phenoxy) is 2. The summed E-state index contributed by atoms with van der Waals surface area (Å²) < 4.78 is 13.2. The van der Waals surface area contributed by atoms with Crippen molar-refractivity contribution in [1.82, 2.24) is 19.7 Å². The highest BCUT2D eigenvalue weighted by atomic mass is 16.5. The van der Waals surface area contributed by atoms with Gasteiger partial charge in [-0.25, -0.2) is 0 Å². The van der Waals surface area contributed by atoms with Crippen LogP contribution in [0.1, 0.15) is 54.6 Å². The molecule has 7 nitrogen and oxygen atoms in total. The summed E-state index contributed by atoms with van der Waals surface area (Å²) >= 11 is 0. The van der Waals surface area contributed by atoms with Crippen LogP contribution in [-0.4, -0.2) is 59.0 Å². The molecule has 2 aliphatic heterocycles. The summed E-state index contributed by atoms with van der Waals surface area (Å²) in [6.45, 7) is 5.74. The van der Waals surface area contributed by atoms with Gasteiger partial charge in [0.05, 0.1) is 18.8 Å². The van der Waals surface area contributed by atoms with E-state index < -0.39 is 0 Å². The van der Waals surface area contributed by atoms with Crippen molar-refractivity contribution in [2.45, 2.75) is 52.0 Å². The Morgan fingerprint density at radius 1 is 1.10 bits per heavy atom. The number of fused-ring (bicyclic) bond motifs is 1. The Balaban J connectivity index is 1.40. The van der Waals surface area contributed by atoms with Crippen LogP contribution in [0.15, 0.2) is 24.3 Å². The molecule has 2 aromatic rings. The molecule has 1 amide bonds. The van der Waals surface area contributed by atoms with Crippen LogP contribution in [0.3, 0.4) is 0 Å². The normalized spacial score (nSPS) is 18.1. The van der Waals surface area contributed by atoms with Gasteiger partial charge in [-0.2, -0.15) is 0 Å². The summed E-state index contributed by atoms with van der Waals surface area (Å²) in [5.74, 6) is 2.90. The first-order chi connectivity index (χ1) is 14.7. The van der Waals surface area contributed by atoms with Crippen LogP contribution >= 0.6 is 0 Å². The molecule has 0 atom stereocenters. The highest BCUT2D eigenvalue weighted by Crippen LogP contribution is 2.42. The topological polar surface area (TPSA) is 69.5 Å². The number of para-hydroxylation sites is 1. The number of nitrogens with zero attached hydrogens (tertiary/aromatic N) is 4. The van der Waals surface area contributed by atoms with E-state index in [4.69, 9.17) is 9.47 Å². The molecule has 162 valence electrons. The van der Waals surface area contributed by atoms with Gasteiger partial charge in [0, 0.05) is 39.6 Å². The zero-order valence-corrected chi connectivity index (χ0v) is 18.1. The molecule has 1 spiro atoms. The first-order valence-electron chi connectivity index (χ1n) is 11.1. The third-order valence-corrected chi connectivity index (χ3v) is 6.71. The fourth-order valence-electron chi connectivity index (χ4n) is 4.82. The SMILES string of the molecule is CCOc1ccccc1C(=O)N1CCC2(CCc3nnc(CCOC)n3CC2)CC1. The van der Waals surface area contributed by atoms with Gasteiger partial charge in [-0.05, 0) is 50.2 Å². The summed E-state index contributed by atoms with van der Waals surface area (Å²) in [6, 6.07) is 7.57. The summed E-state index contributed by atoms with van der Waals surface area (Å²) in [4.78, 5) is 15.1. The number of methoxy groups -OCH3 is 1. The average Bonchev–Trinajstić information content (AvgIpc) is 3.08. The van der Waals surface area contributed by atoms with Crippen LogP contribution in [0, 0.1) is 5.41 Å². The molecule has 0 saturated carbocycles. The maximum atomic E-state index is 13.1. The Morgan fingerprint density at radius 3 is 2.63 bits per heavy atom. The fraction of sp³-hybridized carbons (Fsp3) is 0.609. The van der Waals surface area contributed by atoms with Crippen molar-refractivity contribution < 1.29 is 14.3 Å². The zero-order chi connectivity index (χ0) is 21.0. The molecule has 30 heavy (non-hydrogen) atoms. The van der Waals surface area contributed by atoms with E-state index in [1.165, 1.54) is 0 Å². The summed E-state index contributed by atoms with van der Waals surface area (Å²) in [6.07, 6.45) is 6.09. The van der Waals surface area contributed by atoms with Crippen LogP contribution in [-0.2, 0) is 24.1 Å². The van der Waals surface area contributed by atoms with E-state index in [-0.39, 0.29) is 11.3 Å². The van der Waals surface area contributed by atoms with Gasteiger partial charge in [-0.3, -0.25) is 4.79 Å². The molecule has 7 heteroatoms. The van der Waals surface area contributed by atoms with Gasteiger partial charge in [0.2, 0.25) is 0 Å². The van der Waals surface area contributed by atoms with Crippen molar-refractivity contribution in [2.24, 2.45) is 5.41 Å². The Labute approximate surface area is 178 Å². The van der Waals surface area contributed by atoms with Crippen molar-refractivity contribution in [2.75, 3.05) is 33.4 Å². The number of hydrogen-bond acceptors (Lipinski definition) is 5. The van der Waals surface area contributed by atoms with Crippen molar-refractivity contribution in [3.05, 3.63) is 41.5 Å². The van der Waals surface area contributed by atoms with Crippen molar-refractivity contribution in [3.63, 3.8) is 0 Å². The minimum Gasteiger partial charge on any atom is -0.493 e. The van der Waals surface area contributed by atoms with E-state index in [1.54, 1.807) is 7.11 Å². The number of hydrogen-bond donors (Lipinski definition) is 0. The maximum absolute atomic E-state index is 13.1. The molecule has 1 aromatic heterocycles. The number of rotatable bonds is 6. The molecule has 4 rings (SSSR count). The summed E-state index contributed by atoms with van der Waals surface area (Å²) in [5.41, 5.74) is 0.959. The number of carbonyl (C=O) groups excluding carboxylic acids is 1. The number of aromatic nitrogens is 3. The first-order valence-corrected chi connectivity index (χ1v) is 11.1. The van der Waals surface area contributed by atoms with E-state index in [0.717, 1.165) is 69.8 Å². The predicted octanol–water partition coefficient (Wildman–Crippen LogP) is 3.12. The van der Waals surface area contributed by atoms with Gasteiger partial charge in [0.25, 0.3) is 5.91 Å². The Hall–Kier alpha value is -2.41. The minimum atomic E-state index is 0.0847. The lowest BCUT2D eigenvalue weighted by molar-refractivity contribution is 0.0532. The second-order valence-corrected chi connectivity index (χ2v) is 8.40. The van der Waals surface area contributed by atoms with Crippen LogP contribution in [0.2, 0.25) is 0 Å². The van der Waals surface area contributed by atoms with Gasteiger partial charge in [0.15, 0.2) is 0 Å². The lowest BCUT2D eigenvalue weighted by Crippen LogP contribution is -2.43. The molecule has 0 N–H and O–H groups in total. The second-order valence-electron chi connectivity index (χ2n) is 8.40. The predicted molar refractivity (Wildman–Crippen MR) is 114 cm³/mol. The van der Waals surface area contributed by atoms with E-state index in [1.807, 2.05) is 36.1 Å². The molecule has 0 bridgehead atoms. The highest BCUT2D eigenvalue weighted by Gasteiger charge is 2.38. The fourth-order valence-corrected chi connectivity index (χ4v) is 4.82. The number of likely N-dealkylation sites (tertiary alicyclic amines) is 1.